The molecule has 112 valence electrons. The first-order chi connectivity index (χ1) is 10.6. The maximum Gasteiger partial charge on any atom is 0.338 e. The molecule has 0 N–H and O–H groups in total. The third-order valence-corrected chi connectivity index (χ3v) is 4.52. The summed E-state index contributed by atoms with van der Waals surface area (Å²) in [6.07, 6.45) is 0. The second kappa shape index (κ2) is 6.60. The number of hydrogen-bond acceptors (Lipinski definition) is 6. The molecule has 0 bridgehead atoms. The zero-order valence-electron chi connectivity index (χ0n) is 11.0. The molecule has 2 aromatic heterocycles. The smallest absolute Gasteiger partial charge is 0.338 e. The molecule has 0 saturated heterocycles. The summed E-state index contributed by atoms with van der Waals surface area (Å²) in [5, 5.41) is 8.34. The van der Waals surface area contributed by atoms with E-state index in [1.165, 1.54) is 11.3 Å². The Hall–Kier alpha value is -1.70. The first kappa shape index (κ1) is 15.2. The molecule has 0 amide bonds. The van der Waals surface area contributed by atoms with Crippen LogP contribution in [0.2, 0.25) is 5.02 Å². The minimum atomic E-state index is -0.477. The Bertz CT molecular complexity index is 801. The lowest BCUT2D eigenvalue weighted by molar-refractivity contribution is 0.0438. The molecule has 0 fully saturated rings. The Morgan fingerprint density at radius 3 is 2.68 bits per heavy atom. The van der Waals surface area contributed by atoms with E-state index in [9.17, 15) is 4.79 Å². The number of rotatable bonds is 4. The van der Waals surface area contributed by atoms with Crippen LogP contribution in [0.1, 0.15) is 16.2 Å². The van der Waals surface area contributed by atoms with Crippen molar-refractivity contribution in [2.24, 2.45) is 0 Å². The summed E-state index contributed by atoms with van der Waals surface area (Å²) >= 11 is 10.6. The van der Waals surface area contributed by atoms with Gasteiger partial charge in [0.25, 0.3) is 11.8 Å². The fourth-order valence-corrected chi connectivity index (χ4v) is 3.07. The van der Waals surface area contributed by atoms with E-state index >= 15 is 0 Å². The van der Waals surface area contributed by atoms with Crippen molar-refractivity contribution in [3.63, 3.8) is 0 Å². The molecule has 5 nitrogen and oxygen atoms in total. The summed E-state index contributed by atoms with van der Waals surface area (Å²) in [6.45, 7) is -0.0823. The van der Waals surface area contributed by atoms with Gasteiger partial charge in [-0.3, -0.25) is 0 Å². The van der Waals surface area contributed by atoms with Gasteiger partial charge in [-0.1, -0.05) is 11.6 Å². The predicted octanol–water partition coefficient (Wildman–Crippen LogP) is 4.57. The molecule has 0 unspecified atom stereocenters. The number of aromatic nitrogens is 2. The lowest BCUT2D eigenvalue weighted by Crippen LogP contribution is -2.05. The van der Waals surface area contributed by atoms with Crippen LogP contribution in [0.4, 0.5) is 0 Å². The number of hydrogen-bond donors (Lipinski definition) is 0. The van der Waals surface area contributed by atoms with Crippen LogP contribution < -0.4 is 0 Å². The number of esters is 1. The van der Waals surface area contributed by atoms with Crippen LogP contribution in [-0.2, 0) is 11.3 Å². The van der Waals surface area contributed by atoms with Crippen LogP contribution in [-0.4, -0.2) is 16.2 Å². The van der Waals surface area contributed by atoms with Crippen molar-refractivity contribution < 1.29 is 13.9 Å². The Balaban J connectivity index is 1.63. The number of nitrogens with zero attached hydrogens (tertiary/aromatic N) is 2. The Labute approximate surface area is 143 Å². The van der Waals surface area contributed by atoms with E-state index < -0.39 is 5.97 Å². The highest BCUT2D eigenvalue weighted by atomic mass is 79.9. The number of ether oxygens (including phenoxy) is 1. The highest BCUT2D eigenvalue weighted by Crippen LogP contribution is 2.30. The van der Waals surface area contributed by atoms with Crippen LogP contribution in [0.3, 0.4) is 0 Å². The number of benzene rings is 1. The molecule has 1 aromatic carbocycles. The van der Waals surface area contributed by atoms with E-state index in [4.69, 9.17) is 20.8 Å². The van der Waals surface area contributed by atoms with E-state index in [1.54, 1.807) is 24.3 Å². The SMILES string of the molecule is O=C(OCc1nnc(-c2ccc(Br)s2)o1)c1ccc(Cl)cc1. The van der Waals surface area contributed by atoms with E-state index in [0.717, 1.165) is 8.66 Å². The van der Waals surface area contributed by atoms with Crippen molar-refractivity contribution in [1.29, 1.82) is 0 Å². The van der Waals surface area contributed by atoms with Crippen molar-refractivity contribution in [3.8, 4) is 10.8 Å². The van der Waals surface area contributed by atoms with Crippen molar-refractivity contribution >= 4 is 44.8 Å². The highest BCUT2D eigenvalue weighted by Gasteiger charge is 2.13. The zero-order chi connectivity index (χ0) is 15.5. The number of carbonyl (C=O) groups is 1. The third kappa shape index (κ3) is 3.55. The summed E-state index contributed by atoms with van der Waals surface area (Å²) < 4.78 is 11.6. The van der Waals surface area contributed by atoms with Gasteiger partial charge in [0.1, 0.15) is 0 Å². The van der Waals surface area contributed by atoms with Gasteiger partial charge in [-0.15, -0.1) is 21.5 Å². The standard InChI is InChI=1S/C14H8BrClN2O3S/c15-11-6-5-10(22-11)13-18-17-12(21-13)7-20-14(19)8-1-3-9(16)4-2-8/h1-6H,7H2. The summed E-state index contributed by atoms with van der Waals surface area (Å²) in [4.78, 5) is 12.7. The first-order valence-corrected chi connectivity index (χ1v) is 8.11. The van der Waals surface area contributed by atoms with Gasteiger partial charge in [0, 0.05) is 5.02 Å². The van der Waals surface area contributed by atoms with Crippen LogP contribution in [0, 0.1) is 0 Å². The third-order valence-electron chi connectivity index (χ3n) is 2.66. The molecule has 8 heteroatoms. The minimum Gasteiger partial charge on any atom is -0.452 e. The number of thiophene rings is 1. The van der Waals surface area contributed by atoms with E-state index in [-0.39, 0.29) is 12.5 Å². The fraction of sp³-hybridized carbons (Fsp3) is 0.0714. The number of halogens is 2. The summed E-state index contributed by atoms with van der Waals surface area (Å²) in [7, 11) is 0. The van der Waals surface area contributed by atoms with Gasteiger partial charge in [0.2, 0.25) is 0 Å². The lowest BCUT2D eigenvalue weighted by Gasteiger charge is -2.01. The highest BCUT2D eigenvalue weighted by molar-refractivity contribution is 9.11. The lowest BCUT2D eigenvalue weighted by atomic mass is 10.2. The Morgan fingerprint density at radius 2 is 2.00 bits per heavy atom. The molecule has 3 rings (SSSR count). The van der Waals surface area contributed by atoms with Gasteiger partial charge in [-0.2, -0.15) is 0 Å². The van der Waals surface area contributed by atoms with Crippen LogP contribution in [0.15, 0.2) is 44.6 Å². The zero-order valence-corrected chi connectivity index (χ0v) is 14.1. The van der Waals surface area contributed by atoms with E-state index in [1.807, 2.05) is 12.1 Å². The molecule has 0 saturated carbocycles. The van der Waals surface area contributed by atoms with Crippen LogP contribution in [0.25, 0.3) is 10.8 Å². The Kier molecular flexibility index (Phi) is 4.56. The van der Waals surface area contributed by atoms with Gasteiger partial charge >= 0.3 is 5.97 Å². The van der Waals surface area contributed by atoms with Gasteiger partial charge in [0.05, 0.1) is 14.2 Å². The summed E-state index contributed by atoms with van der Waals surface area (Å²) in [5.74, 6) is 0.158. The molecule has 0 spiro atoms. The molecule has 3 aromatic rings. The maximum atomic E-state index is 11.9. The molecule has 0 aliphatic carbocycles. The second-order valence-corrected chi connectivity index (χ2v) is 7.09. The van der Waals surface area contributed by atoms with Gasteiger partial charge in [-0.25, -0.2) is 4.79 Å². The normalized spacial score (nSPS) is 10.6. The molecule has 0 aliphatic rings. The fourth-order valence-electron chi connectivity index (χ4n) is 1.64. The average Bonchev–Trinajstić information content (AvgIpc) is 3.14. The molecular weight excluding hydrogens is 392 g/mol. The van der Waals surface area contributed by atoms with E-state index in [2.05, 4.69) is 26.1 Å². The number of carbonyl (C=O) groups excluding carboxylic acids is 1. The monoisotopic (exact) mass is 398 g/mol. The van der Waals surface area contributed by atoms with Gasteiger partial charge in [0.15, 0.2) is 6.61 Å². The van der Waals surface area contributed by atoms with Gasteiger partial charge in [-0.05, 0) is 52.3 Å². The maximum absolute atomic E-state index is 11.9. The largest absolute Gasteiger partial charge is 0.452 e. The van der Waals surface area contributed by atoms with Crippen molar-refractivity contribution in [3.05, 3.63) is 56.7 Å². The molecular formula is C14H8BrClN2O3S. The first-order valence-electron chi connectivity index (χ1n) is 6.12. The van der Waals surface area contributed by atoms with Crippen LogP contribution in [0.5, 0.6) is 0 Å². The summed E-state index contributed by atoms with van der Waals surface area (Å²) in [5.41, 5.74) is 0.409. The predicted molar refractivity (Wildman–Crippen MR) is 85.9 cm³/mol. The quantitative estimate of drug-likeness (QED) is 0.601. The topological polar surface area (TPSA) is 65.2 Å². The molecule has 22 heavy (non-hydrogen) atoms. The molecule has 0 radical (unpaired) electrons. The Morgan fingerprint density at radius 1 is 1.23 bits per heavy atom. The van der Waals surface area contributed by atoms with Crippen molar-refractivity contribution in [1.82, 2.24) is 10.2 Å². The van der Waals surface area contributed by atoms with Gasteiger partial charge < -0.3 is 9.15 Å². The molecule has 2 heterocycles. The summed E-state index contributed by atoms with van der Waals surface area (Å²) in [6, 6.07) is 10.2. The minimum absolute atomic E-state index is 0.0823. The second-order valence-electron chi connectivity index (χ2n) is 4.19. The van der Waals surface area contributed by atoms with Crippen LogP contribution >= 0.6 is 38.9 Å². The molecule has 0 atom stereocenters. The molecule has 0 aliphatic heterocycles. The average molecular weight is 400 g/mol. The van der Waals surface area contributed by atoms with E-state index in [0.29, 0.717) is 16.5 Å². The van der Waals surface area contributed by atoms with Crippen molar-refractivity contribution in [2.45, 2.75) is 6.61 Å². The van der Waals surface area contributed by atoms with Crippen molar-refractivity contribution in [2.75, 3.05) is 0 Å².